The van der Waals surface area contributed by atoms with Crippen LogP contribution in [0, 0.1) is 34.0 Å². The molecule has 2 N–H and O–H groups in total. The van der Waals surface area contributed by atoms with Crippen molar-refractivity contribution in [2.75, 3.05) is 5.32 Å². The van der Waals surface area contributed by atoms with E-state index in [1.54, 1.807) is 30.3 Å². The zero-order valence-corrected chi connectivity index (χ0v) is 13.5. The van der Waals surface area contributed by atoms with Crippen LogP contribution in [-0.4, -0.2) is 11.1 Å². The first kappa shape index (κ1) is 16.7. The number of nitrogens with one attached hydrogen (secondary N) is 1. The summed E-state index contributed by atoms with van der Waals surface area (Å²) in [6.45, 7) is 0. The lowest BCUT2D eigenvalue weighted by molar-refractivity contribution is -0.136. The maximum absolute atomic E-state index is 10.7. The van der Waals surface area contributed by atoms with Crippen LogP contribution in [-0.2, 0) is 11.2 Å². The number of hydrogen-bond acceptors (Lipinski definition) is 5. The van der Waals surface area contributed by atoms with Gasteiger partial charge in [-0.25, -0.2) is 0 Å². The predicted molar refractivity (Wildman–Crippen MR) is 80.7 cm³/mol. The van der Waals surface area contributed by atoms with Crippen molar-refractivity contribution < 1.29 is 9.90 Å². The van der Waals surface area contributed by atoms with Crippen LogP contribution in [0.2, 0.25) is 0 Å². The van der Waals surface area contributed by atoms with Gasteiger partial charge in [-0.15, -0.1) is 0 Å². The number of anilines is 1. The van der Waals surface area contributed by atoms with Crippen LogP contribution >= 0.6 is 31.9 Å². The standard InChI is InChI=1S/C13H6Br2N4O2/c14-9-1-7(3-12(20)21)2-10(15)13(9)19-11(6-18)8(4-16)5-17/h1-2,19H,3H2,(H,20,21). The molecule has 0 bridgehead atoms. The molecule has 0 unspecified atom stereocenters. The number of benzene rings is 1. The summed E-state index contributed by atoms with van der Waals surface area (Å²) in [6, 6.07) is 8.15. The SMILES string of the molecule is N#CC(C#N)=C(C#N)Nc1c(Br)cc(CC(=O)O)cc1Br. The Labute approximate surface area is 137 Å². The third-order valence-corrected chi connectivity index (χ3v) is 3.54. The van der Waals surface area contributed by atoms with Crippen molar-refractivity contribution in [3.05, 3.63) is 37.9 Å². The van der Waals surface area contributed by atoms with Crippen molar-refractivity contribution in [3.8, 4) is 18.2 Å². The fourth-order valence-electron chi connectivity index (χ4n) is 1.43. The van der Waals surface area contributed by atoms with Crippen LogP contribution in [0.5, 0.6) is 0 Å². The zero-order valence-electron chi connectivity index (χ0n) is 10.3. The van der Waals surface area contributed by atoms with Gasteiger partial charge in [-0.1, -0.05) is 0 Å². The van der Waals surface area contributed by atoms with Crippen molar-refractivity contribution in [1.82, 2.24) is 0 Å². The van der Waals surface area contributed by atoms with Crippen molar-refractivity contribution >= 4 is 43.5 Å². The molecule has 1 rings (SSSR count). The number of allylic oxidation sites excluding steroid dienone is 2. The maximum atomic E-state index is 10.7. The predicted octanol–water partition coefficient (Wildman–Crippen LogP) is 3.08. The van der Waals surface area contributed by atoms with Gasteiger partial charge in [0.25, 0.3) is 0 Å². The Bertz CT molecular complexity index is 712. The van der Waals surface area contributed by atoms with E-state index in [0.717, 1.165) is 0 Å². The van der Waals surface area contributed by atoms with Crippen LogP contribution < -0.4 is 5.32 Å². The average molecular weight is 410 g/mol. The molecule has 0 saturated carbocycles. The van der Waals surface area contributed by atoms with E-state index in [-0.39, 0.29) is 17.7 Å². The maximum Gasteiger partial charge on any atom is 0.307 e. The molecule has 0 heterocycles. The summed E-state index contributed by atoms with van der Waals surface area (Å²) >= 11 is 6.51. The van der Waals surface area contributed by atoms with Crippen LogP contribution in [0.4, 0.5) is 5.69 Å². The number of carboxylic acids is 1. The fourth-order valence-corrected chi connectivity index (χ4v) is 2.91. The van der Waals surface area contributed by atoms with Gasteiger partial charge >= 0.3 is 5.97 Å². The van der Waals surface area contributed by atoms with Gasteiger partial charge in [-0.2, -0.15) is 15.8 Å². The quantitative estimate of drug-likeness (QED) is 0.737. The Morgan fingerprint density at radius 3 is 2.05 bits per heavy atom. The summed E-state index contributed by atoms with van der Waals surface area (Å²) in [5.74, 6) is -0.969. The molecule has 0 aliphatic heterocycles. The zero-order chi connectivity index (χ0) is 16.0. The molecule has 0 fully saturated rings. The van der Waals surface area contributed by atoms with E-state index in [1.807, 2.05) is 0 Å². The third-order valence-electron chi connectivity index (χ3n) is 2.29. The summed E-state index contributed by atoms with van der Waals surface area (Å²) in [5, 5.41) is 38.0. The summed E-state index contributed by atoms with van der Waals surface area (Å²) in [5.41, 5.74) is 0.442. The monoisotopic (exact) mass is 408 g/mol. The lowest BCUT2D eigenvalue weighted by atomic mass is 10.1. The van der Waals surface area contributed by atoms with Crippen molar-refractivity contribution in [3.63, 3.8) is 0 Å². The largest absolute Gasteiger partial charge is 0.481 e. The number of aliphatic carboxylic acids is 1. The first-order valence-corrected chi connectivity index (χ1v) is 6.92. The molecule has 0 spiro atoms. The van der Waals surface area contributed by atoms with Gasteiger partial charge < -0.3 is 10.4 Å². The van der Waals surface area contributed by atoms with Crippen LogP contribution in [0.1, 0.15) is 5.56 Å². The summed E-state index contributed by atoms with van der Waals surface area (Å²) in [7, 11) is 0. The van der Waals surface area contributed by atoms with E-state index in [1.165, 1.54) is 0 Å². The smallest absolute Gasteiger partial charge is 0.307 e. The molecular weight excluding hydrogens is 404 g/mol. The van der Waals surface area contributed by atoms with Crippen LogP contribution in [0.3, 0.4) is 0 Å². The molecule has 0 amide bonds. The molecule has 1 aromatic rings. The molecule has 104 valence electrons. The molecule has 0 saturated heterocycles. The number of nitrogens with zero attached hydrogens (tertiary/aromatic N) is 3. The van der Waals surface area contributed by atoms with Gasteiger partial charge in [0.2, 0.25) is 0 Å². The first-order chi connectivity index (χ1) is 9.92. The van der Waals surface area contributed by atoms with E-state index in [9.17, 15) is 4.79 Å². The van der Waals surface area contributed by atoms with E-state index in [4.69, 9.17) is 20.9 Å². The normalized spacial score (nSPS) is 8.90. The van der Waals surface area contributed by atoms with Crippen molar-refractivity contribution in [1.29, 1.82) is 15.8 Å². The minimum absolute atomic E-state index is 0.153. The summed E-state index contributed by atoms with van der Waals surface area (Å²) in [4.78, 5) is 10.7. The fraction of sp³-hybridized carbons (Fsp3) is 0.0769. The second kappa shape index (κ2) is 7.44. The Morgan fingerprint density at radius 2 is 1.67 bits per heavy atom. The van der Waals surface area contributed by atoms with Crippen molar-refractivity contribution in [2.45, 2.75) is 6.42 Å². The van der Waals surface area contributed by atoms with Gasteiger partial charge in [-0.05, 0) is 49.6 Å². The number of hydrogen-bond donors (Lipinski definition) is 2. The Kier molecular flexibility index (Phi) is 5.92. The minimum Gasteiger partial charge on any atom is -0.481 e. The highest BCUT2D eigenvalue weighted by Gasteiger charge is 2.13. The highest BCUT2D eigenvalue weighted by atomic mass is 79.9. The van der Waals surface area contributed by atoms with Gasteiger partial charge in [0.15, 0.2) is 5.57 Å². The molecule has 0 aromatic heterocycles. The lowest BCUT2D eigenvalue weighted by Crippen LogP contribution is -2.04. The van der Waals surface area contributed by atoms with E-state index < -0.39 is 5.97 Å². The Morgan fingerprint density at radius 1 is 1.14 bits per heavy atom. The molecule has 6 nitrogen and oxygen atoms in total. The van der Waals surface area contributed by atoms with Crippen LogP contribution in [0.15, 0.2) is 32.3 Å². The molecule has 0 atom stereocenters. The Hall–Kier alpha value is -2.34. The number of rotatable bonds is 4. The minimum atomic E-state index is -0.969. The highest BCUT2D eigenvalue weighted by molar-refractivity contribution is 9.11. The molecule has 0 radical (unpaired) electrons. The van der Waals surface area contributed by atoms with Gasteiger partial charge in [-0.3, -0.25) is 4.79 Å². The molecular formula is C13H6Br2N4O2. The Balaban J connectivity index is 3.26. The van der Waals surface area contributed by atoms with E-state index in [2.05, 4.69) is 37.2 Å². The highest BCUT2D eigenvalue weighted by Crippen LogP contribution is 2.33. The number of carbonyl (C=O) groups is 1. The molecule has 0 aliphatic carbocycles. The average Bonchev–Trinajstić information content (AvgIpc) is 2.41. The second-order valence-electron chi connectivity index (χ2n) is 3.72. The number of nitriles is 3. The molecule has 0 aliphatic rings. The molecule has 8 heteroatoms. The number of halogens is 2. The number of carboxylic acid groups (broad SMARTS) is 1. The summed E-state index contributed by atoms with van der Waals surface area (Å²) < 4.78 is 0.993. The topological polar surface area (TPSA) is 121 Å². The first-order valence-electron chi connectivity index (χ1n) is 5.34. The van der Waals surface area contributed by atoms with E-state index in [0.29, 0.717) is 20.2 Å². The third kappa shape index (κ3) is 4.32. The van der Waals surface area contributed by atoms with Gasteiger partial charge in [0, 0.05) is 8.95 Å². The molecule has 21 heavy (non-hydrogen) atoms. The van der Waals surface area contributed by atoms with Gasteiger partial charge in [0.1, 0.15) is 23.9 Å². The van der Waals surface area contributed by atoms with E-state index >= 15 is 0 Å². The molecule has 1 aromatic carbocycles. The lowest BCUT2D eigenvalue weighted by Gasteiger charge is -2.11. The van der Waals surface area contributed by atoms with Crippen LogP contribution in [0.25, 0.3) is 0 Å². The van der Waals surface area contributed by atoms with Crippen molar-refractivity contribution in [2.24, 2.45) is 0 Å². The van der Waals surface area contributed by atoms with Gasteiger partial charge in [0.05, 0.1) is 12.1 Å². The summed E-state index contributed by atoms with van der Waals surface area (Å²) in [6.07, 6.45) is -0.153. The second-order valence-corrected chi connectivity index (χ2v) is 5.42.